The number of amides is 1. The molecule has 1 aromatic rings. The van der Waals surface area contributed by atoms with Crippen LogP contribution in [-0.2, 0) is 4.79 Å². The molecule has 20 heavy (non-hydrogen) atoms. The number of carboxylic acids is 1. The van der Waals surface area contributed by atoms with E-state index in [2.05, 4.69) is 10.6 Å². The molecule has 0 bridgehead atoms. The van der Waals surface area contributed by atoms with E-state index in [1.807, 2.05) is 0 Å². The molecule has 1 saturated heterocycles. The van der Waals surface area contributed by atoms with E-state index in [4.69, 9.17) is 9.84 Å². The van der Waals surface area contributed by atoms with Crippen molar-refractivity contribution in [1.29, 1.82) is 0 Å². The number of rotatable bonds is 4. The van der Waals surface area contributed by atoms with Crippen LogP contribution in [0.15, 0.2) is 18.2 Å². The van der Waals surface area contributed by atoms with Gasteiger partial charge in [-0.15, -0.1) is 0 Å². The standard InChI is InChI=1S/C14H18N2O4/c1-20-9-5-6-10(14(18)19)12(8-9)16-13(17)11-4-2-3-7-15-11/h5-6,8,11,15H,2-4,7H2,1H3,(H,16,17)(H,18,19)/t11-/m0/s1. The smallest absolute Gasteiger partial charge is 0.337 e. The molecule has 1 amide bonds. The third kappa shape index (κ3) is 3.27. The van der Waals surface area contributed by atoms with Crippen molar-refractivity contribution in [2.24, 2.45) is 0 Å². The number of piperidine rings is 1. The van der Waals surface area contributed by atoms with Crippen LogP contribution in [0.3, 0.4) is 0 Å². The maximum Gasteiger partial charge on any atom is 0.337 e. The van der Waals surface area contributed by atoms with Gasteiger partial charge in [0.25, 0.3) is 0 Å². The van der Waals surface area contributed by atoms with Gasteiger partial charge in [-0.1, -0.05) is 6.42 Å². The van der Waals surface area contributed by atoms with Crippen LogP contribution in [0.1, 0.15) is 29.6 Å². The first kappa shape index (κ1) is 14.3. The number of ether oxygens (including phenoxy) is 1. The fourth-order valence-electron chi connectivity index (χ4n) is 2.24. The average Bonchev–Trinajstić information content (AvgIpc) is 2.47. The summed E-state index contributed by atoms with van der Waals surface area (Å²) in [5.41, 5.74) is 0.309. The number of benzene rings is 1. The van der Waals surface area contributed by atoms with Crippen molar-refractivity contribution >= 4 is 17.6 Å². The van der Waals surface area contributed by atoms with Crippen molar-refractivity contribution in [3.8, 4) is 5.75 Å². The van der Waals surface area contributed by atoms with E-state index in [1.54, 1.807) is 6.07 Å². The van der Waals surface area contributed by atoms with E-state index < -0.39 is 5.97 Å². The van der Waals surface area contributed by atoms with Crippen LogP contribution in [0.25, 0.3) is 0 Å². The molecule has 6 nitrogen and oxygen atoms in total. The Morgan fingerprint density at radius 1 is 1.40 bits per heavy atom. The van der Waals surface area contributed by atoms with Gasteiger partial charge >= 0.3 is 5.97 Å². The molecule has 0 unspecified atom stereocenters. The zero-order chi connectivity index (χ0) is 14.5. The van der Waals surface area contributed by atoms with E-state index in [9.17, 15) is 9.59 Å². The van der Waals surface area contributed by atoms with Crippen LogP contribution in [0, 0.1) is 0 Å². The zero-order valence-corrected chi connectivity index (χ0v) is 11.3. The first-order valence-corrected chi connectivity index (χ1v) is 6.57. The van der Waals surface area contributed by atoms with Gasteiger partial charge in [-0.25, -0.2) is 4.79 Å². The topological polar surface area (TPSA) is 87.7 Å². The molecule has 3 N–H and O–H groups in total. The zero-order valence-electron chi connectivity index (χ0n) is 11.3. The maximum atomic E-state index is 12.1. The molecule has 1 aromatic carbocycles. The Hall–Kier alpha value is -2.08. The number of methoxy groups -OCH3 is 1. The number of aromatic carboxylic acids is 1. The predicted molar refractivity (Wildman–Crippen MR) is 74.2 cm³/mol. The molecule has 0 radical (unpaired) electrons. The van der Waals surface area contributed by atoms with Gasteiger partial charge in [0.1, 0.15) is 5.75 Å². The Bertz CT molecular complexity index is 510. The Kier molecular flexibility index (Phi) is 4.57. The van der Waals surface area contributed by atoms with Gasteiger partial charge in [-0.2, -0.15) is 0 Å². The third-order valence-corrected chi connectivity index (χ3v) is 3.34. The monoisotopic (exact) mass is 278 g/mol. The summed E-state index contributed by atoms with van der Waals surface area (Å²) in [6, 6.07) is 4.23. The van der Waals surface area contributed by atoms with Gasteiger partial charge < -0.3 is 20.5 Å². The summed E-state index contributed by atoms with van der Waals surface area (Å²) in [6.07, 6.45) is 2.82. The number of carbonyl (C=O) groups excluding carboxylic acids is 1. The Morgan fingerprint density at radius 3 is 2.80 bits per heavy atom. The summed E-state index contributed by atoms with van der Waals surface area (Å²) in [5, 5.41) is 14.9. The molecule has 1 atom stereocenters. The van der Waals surface area contributed by atoms with Crippen LogP contribution in [0.4, 0.5) is 5.69 Å². The minimum absolute atomic E-state index is 0.0509. The average molecular weight is 278 g/mol. The van der Waals surface area contributed by atoms with Gasteiger partial charge in [0.15, 0.2) is 0 Å². The summed E-state index contributed by atoms with van der Waals surface area (Å²) < 4.78 is 5.06. The SMILES string of the molecule is COc1ccc(C(=O)O)c(NC(=O)[C@@H]2CCCCN2)c1. The Labute approximate surface area is 117 Å². The van der Waals surface area contributed by atoms with Gasteiger partial charge in [0.2, 0.25) is 5.91 Å². The molecular weight excluding hydrogens is 260 g/mol. The second kappa shape index (κ2) is 6.38. The Morgan fingerprint density at radius 2 is 2.20 bits per heavy atom. The van der Waals surface area contributed by atoms with E-state index >= 15 is 0 Å². The molecule has 2 rings (SSSR count). The highest BCUT2D eigenvalue weighted by Gasteiger charge is 2.22. The van der Waals surface area contributed by atoms with Gasteiger partial charge in [-0.3, -0.25) is 4.79 Å². The van der Waals surface area contributed by atoms with Crippen LogP contribution in [0.5, 0.6) is 5.75 Å². The first-order valence-electron chi connectivity index (χ1n) is 6.57. The second-order valence-electron chi connectivity index (χ2n) is 4.71. The molecule has 1 heterocycles. The van der Waals surface area contributed by atoms with Crippen LogP contribution >= 0.6 is 0 Å². The van der Waals surface area contributed by atoms with Crippen molar-refractivity contribution in [2.75, 3.05) is 19.0 Å². The van der Waals surface area contributed by atoms with E-state index in [0.717, 1.165) is 25.8 Å². The molecular formula is C14H18N2O4. The molecule has 108 valence electrons. The summed E-state index contributed by atoms with van der Waals surface area (Å²) >= 11 is 0. The van der Waals surface area contributed by atoms with Crippen LogP contribution in [0.2, 0.25) is 0 Å². The van der Waals surface area contributed by atoms with Crippen LogP contribution in [-0.4, -0.2) is 36.7 Å². The van der Waals surface area contributed by atoms with E-state index in [-0.39, 0.29) is 23.2 Å². The summed E-state index contributed by atoms with van der Waals surface area (Å²) in [6.45, 7) is 0.808. The quantitative estimate of drug-likeness (QED) is 0.776. The molecule has 1 aliphatic rings. The lowest BCUT2D eigenvalue weighted by molar-refractivity contribution is -0.118. The maximum absolute atomic E-state index is 12.1. The molecule has 0 aliphatic carbocycles. The van der Waals surface area contributed by atoms with Gasteiger partial charge in [0, 0.05) is 6.07 Å². The number of anilines is 1. The summed E-state index contributed by atoms with van der Waals surface area (Å²) in [4.78, 5) is 23.3. The van der Waals surface area contributed by atoms with Crippen molar-refractivity contribution in [3.63, 3.8) is 0 Å². The minimum Gasteiger partial charge on any atom is -0.497 e. The van der Waals surface area contributed by atoms with Crippen molar-refractivity contribution in [1.82, 2.24) is 5.32 Å². The molecule has 6 heteroatoms. The lowest BCUT2D eigenvalue weighted by atomic mass is 10.0. The lowest BCUT2D eigenvalue weighted by Gasteiger charge is -2.23. The highest BCUT2D eigenvalue weighted by molar-refractivity contribution is 6.02. The molecule has 0 aromatic heterocycles. The largest absolute Gasteiger partial charge is 0.497 e. The second-order valence-corrected chi connectivity index (χ2v) is 4.71. The molecule has 1 aliphatic heterocycles. The fourth-order valence-corrected chi connectivity index (χ4v) is 2.24. The van der Waals surface area contributed by atoms with Crippen molar-refractivity contribution in [2.45, 2.75) is 25.3 Å². The minimum atomic E-state index is -1.08. The fraction of sp³-hybridized carbons (Fsp3) is 0.429. The Balaban J connectivity index is 2.17. The number of nitrogens with one attached hydrogen (secondary N) is 2. The predicted octanol–water partition coefficient (Wildman–Crippen LogP) is 1.47. The lowest BCUT2D eigenvalue weighted by Crippen LogP contribution is -2.43. The highest BCUT2D eigenvalue weighted by Crippen LogP contribution is 2.23. The molecule has 0 spiro atoms. The van der Waals surface area contributed by atoms with Crippen molar-refractivity contribution < 1.29 is 19.4 Å². The number of hydrogen-bond donors (Lipinski definition) is 3. The van der Waals surface area contributed by atoms with Gasteiger partial charge in [-0.05, 0) is 31.5 Å². The number of hydrogen-bond acceptors (Lipinski definition) is 4. The molecule has 0 saturated carbocycles. The summed E-state index contributed by atoms with van der Waals surface area (Å²) in [5.74, 6) is -0.790. The first-order chi connectivity index (χ1) is 9.61. The van der Waals surface area contributed by atoms with E-state index in [1.165, 1.54) is 19.2 Å². The molecule has 1 fully saturated rings. The van der Waals surface area contributed by atoms with Crippen molar-refractivity contribution in [3.05, 3.63) is 23.8 Å². The number of carboxylic acid groups (broad SMARTS) is 1. The van der Waals surface area contributed by atoms with E-state index in [0.29, 0.717) is 5.75 Å². The van der Waals surface area contributed by atoms with Crippen LogP contribution < -0.4 is 15.4 Å². The summed E-state index contributed by atoms with van der Waals surface area (Å²) in [7, 11) is 1.49. The number of carbonyl (C=O) groups is 2. The normalized spacial score (nSPS) is 18.4. The highest BCUT2D eigenvalue weighted by atomic mass is 16.5. The van der Waals surface area contributed by atoms with Gasteiger partial charge in [0.05, 0.1) is 24.4 Å². The third-order valence-electron chi connectivity index (χ3n) is 3.34.